The topological polar surface area (TPSA) is 41.5 Å². The molecule has 4 saturated carbocycles. The van der Waals surface area contributed by atoms with Gasteiger partial charge in [0.15, 0.2) is 0 Å². The monoisotopic (exact) mass is 397 g/mol. The van der Waals surface area contributed by atoms with Crippen molar-refractivity contribution in [1.82, 2.24) is 5.32 Å². The van der Waals surface area contributed by atoms with Crippen LogP contribution in [-0.4, -0.2) is 30.4 Å². The second kappa shape index (κ2) is 8.98. The minimum Gasteiger partial charge on any atom is -0.491 e. The summed E-state index contributed by atoms with van der Waals surface area (Å²) in [4.78, 5) is 0. The third-order valence-electron chi connectivity index (χ3n) is 9.00. The molecule has 29 heavy (non-hydrogen) atoms. The summed E-state index contributed by atoms with van der Waals surface area (Å²) in [7, 11) is 0. The standard InChI is InChI=1S/C26H39NO2/c28-19(17-29-20-7-2-1-3-8-20)16-27-26-15-14-24-23-11-10-18-6-4-5-9-21(18)22(23)12-13-25(24)26/h1-3,7-8,18-19,21-28H,4-6,9-17H2/t18-,19+,21+,22-,23-,24+,25-,26-/m0/s1. The van der Waals surface area contributed by atoms with Crippen LogP contribution in [0.25, 0.3) is 0 Å². The van der Waals surface area contributed by atoms with Crippen molar-refractivity contribution < 1.29 is 9.84 Å². The quantitative estimate of drug-likeness (QED) is 0.707. The summed E-state index contributed by atoms with van der Waals surface area (Å²) in [6, 6.07) is 10.4. The summed E-state index contributed by atoms with van der Waals surface area (Å²) in [6.45, 7) is 1.02. The smallest absolute Gasteiger partial charge is 0.119 e. The molecule has 0 aromatic heterocycles. The summed E-state index contributed by atoms with van der Waals surface area (Å²) in [5, 5.41) is 14.1. The fraction of sp³-hybridized carbons (Fsp3) is 0.769. The van der Waals surface area contributed by atoms with Crippen LogP contribution in [0, 0.1) is 35.5 Å². The van der Waals surface area contributed by atoms with Gasteiger partial charge in [-0.05, 0) is 92.6 Å². The minimum absolute atomic E-state index is 0.367. The zero-order valence-electron chi connectivity index (χ0n) is 17.8. The van der Waals surface area contributed by atoms with E-state index in [0.717, 1.165) is 41.3 Å². The van der Waals surface area contributed by atoms with Crippen molar-refractivity contribution in [2.24, 2.45) is 35.5 Å². The van der Waals surface area contributed by atoms with Crippen molar-refractivity contribution >= 4 is 0 Å². The van der Waals surface area contributed by atoms with Gasteiger partial charge in [0.1, 0.15) is 18.5 Å². The molecular weight excluding hydrogens is 358 g/mol. The normalized spacial score (nSPS) is 39.8. The Hall–Kier alpha value is -1.06. The van der Waals surface area contributed by atoms with E-state index in [1.807, 2.05) is 30.3 Å². The van der Waals surface area contributed by atoms with Gasteiger partial charge in [0.25, 0.3) is 0 Å². The van der Waals surface area contributed by atoms with Gasteiger partial charge in [-0.15, -0.1) is 0 Å². The van der Waals surface area contributed by atoms with E-state index in [9.17, 15) is 5.11 Å². The Balaban J connectivity index is 1.12. The van der Waals surface area contributed by atoms with E-state index >= 15 is 0 Å². The Labute approximate surface area is 176 Å². The third-order valence-corrected chi connectivity index (χ3v) is 9.00. The number of nitrogens with one attached hydrogen (secondary N) is 1. The number of benzene rings is 1. The third kappa shape index (κ3) is 4.23. The second-order valence-electron chi connectivity index (χ2n) is 10.4. The van der Waals surface area contributed by atoms with Crippen molar-refractivity contribution in [3.8, 4) is 5.75 Å². The molecule has 0 amide bonds. The number of rotatable bonds is 6. The minimum atomic E-state index is -0.441. The first-order valence-corrected chi connectivity index (χ1v) is 12.4. The van der Waals surface area contributed by atoms with E-state index in [0.29, 0.717) is 19.2 Å². The van der Waals surface area contributed by atoms with E-state index in [2.05, 4.69) is 5.32 Å². The Kier molecular flexibility index (Phi) is 6.15. The van der Waals surface area contributed by atoms with Crippen molar-refractivity contribution in [3.05, 3.63) is 30.3 Å². The summed E-state index contributed by atoms with van der Waals surface area (Å²) in [6.07, 6.45) is 14.2. The summed E-state index contributed by atoms with van der Waals surface area (Å²) in [5.74, 6) is 6.81. The molecule has 0 unspecified atom stereocenters. The molecule has 0 aliphatic heterocycles. The highest BCUT2D eigenvalue weighted by molar-refractivity contribution is 5.20. The molecule has 3 heteroatoms. The zero-order valence-corrected chi connectivity index (χ0v) is 17.8. The maximum absolute atomic E-state index is 10.4. The van der Waals surface area contributed by atoms with Gasteiger partial charge in [-0.2, -0.15) is 0 Å². The molecule has 1 aromatic carbocycles. The average Bonchev–Trinajstić information content (AvgIpc) is 3.20. The number of hydrogen-bond donors (Lipinski definition) is 2. The molecule has 0 radical (unpaired) electrons. The van der Waals surface area contributed by atoms with Crippen LogP contribution in [0.1, 0.15) is 64.2 Å². The fourth-order valence-corrected chi connectivity index (χ4v) is 7.80. The van der Waals surface area contributed by atoms with Crippen LogP contribution < -0.4 is 10.1 Å². The summed E-state index contributed by atoms with van der Waals surface area (Å²) in [5.41, 5.74) is 0. The predicted molar refractivity (Wildman–Crippen MR) is 117 cm³/mol. The van der Waals surface area contributed by atoms with E-state index in [1.54, 1.807) is 0 Å². The van der Waals surface area contributed by atoms with Gasteiger partial charge in [0.2, 0.25) is 0 Å². The van der Waals surface area contributed by atoms with Gasteiger partial charge in [-0.25, -0.2) is 0 Å². The first-order chi connectivity index (χ1) is 14.3. The van der Waals surface area contributed by atoms with Gasteiger partial charge >= 0.3 is 0 Å². The van der Waals surface area contributed by atoms with Crippen LogP contribution in [-0.2, 0) is 0 Å². The largest absolute Gasteiger partial charge is 0.491 e. The highest BCUT2D eigenvalue weighted by Gasteiger charge is 2.50. The van der Waals surface area contributed by atoms with Crippen LogP contribution in [0.5, 0.6) is 5.75 Å². The molecule has 2 N–H and O–H groups in total. The Morgan fingerprint density at radius 2 is 1.48 bits per heavy atom. The molecule has 3 nitrogen and oxygen atoms in total. The molecule has 4 aliphatic carbocycles. The van der Waals surface area contributed by atoms with Gasteiger partial charge in [0.05, 0.1) is 0 Å². The van der Waals surface area contributed by atoms with Gasteiger partial charge in [-0.1, -0.05) is 37.5 Å². The molecular formula is C26H39NO2. The van der Waals surface area contributed by atoms with E-state index < -0.39 is 6.10 Å². The Morgan fingerprint density at radius 3 is 2.38 bits per heavy atom. The van der Waals surface area contributed by atoms with Crippen molar-refractivity contribution in [2.75, 3.05) is 13.2 Å². The molecule has 0 bridgehead atoms. The van der Waals surface area contributed by atoms with E-state index in [-0.39, 0.29) is 0 Å². The van der Waals surface area contributed by atoms with Crippen LogP contribution in [0.4, 0.5) is 0 Å². The average molecular weight is 398 g/mol. The van der Waals surface area contributed by atoms with Crippen LogP contribution in [0.15, 0.2) is 30.3 Å². The van der Waals surface area contributed by atoms with Crippen LogP contribution in [0.2, 0.25) is 0 Å². The fourth-order valence-electron chi connectivity index (χ4n) is 7.80. The zero-order chi connectivity index (χ0) is 19.6. The van der Waals surface area contributed by atoms with Crippen LogP contribution in [0.3, 0.4) is 0 Å². The number of para-hydroxylation sites is 1. The first kappa shape index (κ1) is 19.9. The maximum Gasteiger partial charge on any atom is 0.119 e. The van der Waals surface area contributed by atoms with Crippen molar-refractivity contribution in [2.45, 2.75) is 76.4 Å². The number of fused-ring (bicyclic) bond motifs is 5. The van der Waals surface area contributed by atoms with Gasteiger partial charge in [-0.3, -0.25) is 0 Å². The number of aliphatic hydroxyl groups is 1. The van der Waals surface area contributed by atoms with Gasteiger partial charge in [0, 0.05) is 12.6 Å². The lowest BCUT2D eigenvalue weighted by Gasteiger charge is -2.52. The van der Waals surface area contributed by atoms with E-state index in [1.165, 1.54) is 64.2 Å². The van der Waals surface area contributed by atoms with Crippen LogP contribution >= 0.6 is 0 Å². The maximum atomic E-state index is 10.4. The molecule has 0 spiro atoms. The molecule has 1 aromatic rings. The number of hydrogen-bond acceptors (Lipinski definition) is 3. The molecule has 4 aliphatic rings. The SMILES string of the molecule is O[C@H](CN[C@H]1CC[C@@H]2[C@H]3CC[C@@H]4CCCC[C@H]4[C@@H]3CC[C@@H]21)COc1ccccc1. The molecule has 4 fully saturated rings. The molecule has 5 rings (SSSR count). The first-order valence-electron chi connectivity index (χ1n) is 12.4. The molecule has 0 heterocycles. The van der Waals surface area contributed by atoms with Crippen molar-refractivity contribution in [1.29, 1.82) is 0 Å². The molecule has 0 saturated heterocycles. The summed E-state index contributed by atoms with van der Waals surface area (Å²) < 4.78 is 5.72. The summed E-state index contributed by atoms with van der Waals surface area (Å²) >= 11 is 0. The Morgan fingerprint density at radius 1 is 0.793 bits per heavy atom. The van der Waals surface area contributed by atoms with Gasteiger partial charge < -0.3 is 15.2 Å². The molecule has 160 valence electrons. The lowest BCUT2D eigenvalue weighted by atomic mass is 9.53. The number of ether oxygens (including phenoxy) is 1. The second-order valence-corrected chi connectivity index (χ2v) is 10.4. The highest BCUT2D eigenvalue weighted by atomic mass is 16.5. The highest BCUT2D eigenvalue weighted by Crippen LogP contribution is 2.57. The molecule has 8 atom stereocenters. The van der Waals surface area contributed by atoms with Crippen molar-refractivity contribution in [3.63, 3.8) is 0 Å². The number of aliphatic hydroxyl groups excluding tert-OH is 1. The Bertz CT molecular complexity index is 649. The predicted octanol–water partition coefficient (Wildman–Crippen LogP) is 5.04. The van der Waals surface area contributed by atoms with E-state index in [4.69, 9.17) is 4.74 Å². The lowest BCUT2D eigenvalue weighted by molar-refractivity contribution is -0.0223. The lowest BCUT2D eigenvalue weighted by Crippen LogP contribution is -2.47.